The zero-order valence-corrected chi connectivity index (χ0v) is 11.2. The fraction of sp³-hybridized carbons (Fsp3) is 0.500. The van der Waals surface area contributed by atoms with Crippen LogP contribution in [0.4, 0.5) is 5.69 Å². The van der Waals surface area contributed by atoms with E-state index in [-0.39, 0.29) is 18.5 Å². The number of hydrogen-bond donors (Lipinski definition) is 2. The molecule has 2 unspecified atom stereocenters. The van der Waals surface area contributed by atoms with Crippen LogP contribution in [0.3, 0.4) is 0 Å². The van der Waals surface area contributed by atoms with Crippen LogP contribution in [0.2, 0.25) is 0 Å². The van der Waals surface area contributed by atoms with E-state index in [1.165, 1.54) is 6.92 Å². The number of aliphatic hydroxyl groups is 2. The van der Waals surface area contributed by atoms with Crippen molar-refractivity contribution in [1.82, 2.24) is 0 Å². The average molecular weight is 265 g/mol. The van der Waals surface area contributed by atoms with Gasteiger partial charge in [-0.1, -0.05) is 0 Å². The highest BCUT2D eigenvalue weighted by atomic mass is 16.5. The second-order valence-electron chi connectivity index (χ2n) is 4.91. The molecular weight excluding hydrogens is 246 g/mol. The fourth-order valence-electron chi connectivity index (χ4n) is 2.23. The molecule has 1 aliphatic rings. The topological polar surface area (TPSA) is 70.0 Å². The molecule has 5 heteroatoms. The Morgan fingerprint density at radius 3 is 2.95 bits per heavy atom. The van der Waals surface area contributed by atoms with Crippen LogP contribution in [-0.4, -0.2) is 47.9 Å². The van der Waals surface area contributed by atoms with Crippen LogP contribution in [0.1, 0.15) is 24.2 Å². The summed E-state index contributed by atoms with van der Waals surface area (Å²) < 4.78 is 5.71. The normalized spacial score (nSPS) is 19.6. The van der Waals surface area contributed by atoms with Gasteiger partial charge in [-0.05, 0) is 32.0 Å². The summed E-state index contributed by atoms with van der Waals surface area (Å²) in [4.78, 5) is 13.4. The SMILES string of the molecule is CC(=O)c1ccc2c(c1)N(CC(O)CO)CC(C)O2. The van der Waals surface area contributed by atoms with E-state index in [0.29, 0.717) is 24.4 Å². The van der Waals surface area contributed by atoms with Gasteiger partial charge in [-0.25, -0.2) is 0 Å². The third-order valence-corrected chi connectivity index (χ3v) is 3.15. The zero-order valence-electron chi connectivity index (χ0n) is 11.2. The number of β-amino-alcohol motifs (C(OH)–C–C–N with tert-alkyl or cyclic N) is 1. The summed E-state index contributed by atoms with van der Waals surface area (Å²) in [6, 6.07) is 5.29. The Morgan fingerprint density at radius 2 is 2.32 bits per heavy atom. The number of ketones is 1. The largest absolute Gasteiger partial charge is 0.487 e. The first kappa shape index (κ1) is 13.8. The van der Waals surface area contributed by atoms with E-state index in [9.17, 15) is 9.90 Å². The summed E-state index contributed by atoms with van der Waals surface area (Å²) in [6.45, 7) is 4.11. The Labute approximate surface area is 112 Å². The number of aliphatic hydroxyl groups excluding tert-OH is 2. The number of benzene rings is 1. The molecule has 0 aliphatic carbocycles. The molecule has 1 aromatic carbocycles. The number of ether oxygens (including phenoxy) is 1. The van der Waals surface area contributed by atoms with Gasteiger partial charge in [0.2, 0.25) is 0 Å². The maximum Gasteiger partial charge on any atom is 0.159 e. The zero-order chi connectivity index (χ0) is 14.0. The van der Waals surface area contributed by atoms with Crippen molar-refractivity contribution in [2.45, 2.75) is 26.1 Å². The summed E-state index contributed by atoms with van der Waals surface area (Å²) in [5, 5.41) is 18.6. The molecule has 0 saturated heterocycles. The van der Waals surface area contributed by atoms with E-state index in [4.69, 9.17) is 9.84 Å². The summed E-state index contributed by atoms with van der Waals surface area (Å²) in [7, 11) is 0. The Hall–Kier alpha value is -1.59. The van der Waals surface area contributed by atoms with Gasteiger partial charge in [0.25, 0.3) is 0 Å². The number of hydrogen-bond acceptors (Lipinski definition) is 5. The molecule has 5 nitrogen and oxygen atoms in total. The highest BCUT2D eigenvalue weighted by Gasteiger charge is 2.25. The van der Waals surface area contributed by atoms with Crippen molar-refractivity contribution >= 4 is 11.5 Å². The van der Waals surface area contributed by atoms with Crippen LogP contribution in [-0.2, 0) is 0 Å². The van der Waals surface area contributed by atoms with Gasteiger partial charge in [0.1, 0.15) is 11.9 Å². The van der Waals surface area contributed by atoms with Crippen molar-refractivity contribution in [2.24, 2.45) is 0 Å². The molecule has 0 bridgehead atoms. The summed E-state index contributed by atoms with van der Waals surface area (Å²) in [6.07, 6.45) is -0.805. The van der Waals surface area contributed by atoms with Crippen molar-refractivity contribution < 1.29 is 19.7 Å². The standard InChI is InChI=1S/C14H19NO4/c1-9-6-15(7-12(18)8-16)13-5-11(10(2)17)3-4-14(13)19-9/h3-5,9,12,16,18H,6-8H2,1-2H3. The lowest BCUT2D eigenvalue weighted by Crippen LogP contribution is -2.43. The number of nitrogens with zero attached hydrogens (tertiary/aromatic N) is 1. The number of Topliss-reactive ketones (excluding diaryl/α,β-unsaturated/α-hetero) is 1. The highest BCUT2D eigenvalue weighted by molar-refractivity contribution is 5.95. The van der Waals surface area contributed by atoms with Crippen LogP contribution < -0.4 is 9.64 Å². The highest BCUT2D eigenvalue weighted by Crippen LogP contribution is 2.34. The van der Waals surface area contributed by atoms with E-state index >= 15 is 0 Å². The van der Waals surface area contributed by atoms with Gasteiger partial charge in [0.05, 0.1) is 24.9 Å². The van der Waals surface area contributed by atoms with Crippen molar-refractivity contribution in [3.63, 3.8) is 0 Å². The monoisotopic (exact) mass is 265 g/mol. The summed E-state index contributed by atoms with van der Waals surface area (Å²) in [5.41, 5.74) is 1.40. The van der Waals surface area contributed by atoms with Crippen LogP contribution in [0.5, 0.6) is 5.75 Å². The molecule has 2 atom stereocenters. The lowest BCUT2D eigenvalue weighted by Gasteiger charge is -2.36. The molecule has 0 aromatic heterocycles. The van der Waals surface area contributed by atoms with Gasteiger partial charge >= 0.3 is 0 Å². The Balaban J connectivity index is 2.32. The fourth-order valence-corrected chi connectivity index (χ4v) is 2.23. The van der Waals surface area contributed by atoms with Crippen LogP contribution in [0, 0.1) is 0 Å². The number of rotatable bonds is 4. The second kappa shape index (κ2) is 5.59. The minimum absolute atomic E-state index is 0.00145. The molecule has 2 rings (SSSR count). The van der Waals surface area contributed by atoms with Gasteiger partial charge in [0, 0.05) is 12.1 Å². The van der Waals surface area contributed by atoms with Gasteiger partial charge in [-0.3, -0.25) is 4.79 Å². The maximum atomic E-state index is 11.4. The molecule has 2 N–H and O–H groups in total. The van der Waals surface area contributed by atoms with Gasteiger partial charge in [-0.15, -0.1) is 0 Å². The molecule has 19 heavy (non-hydrogen) atoms. The predicted octanol–water partition coefficient (Wildman–Crippen LogP) is 0.830. The Kier molecular flexibility index (Phi) is 4.07. The van der Waals surface area contributed by atoms with E-state index in [2.05, 4.69) is 0 Å². The number of carbonyl (C=O) groups excluding carboxylic acids is 1. The van der Waals surface area contributed by atoms with E-state index in [0.717, 1.165) is 5.69 Å². The van der Waals surface area contributed by atoms with Gasteiger partial charge in [0.15, 0.2) is 5.78 Å². The molecular formula is C14H19NO4. The Morgan fingerprint density at radius 1 is 1.58 bits per heavy atom. The quantitative estimate of drug-likeness (QED) is 0.789. The molecule has 0 amide bonds. The lowest BCUT2D eigenvalue weighted by atomic mass is 10.1. The number of anilines is 1. The van der Waals surface area contributed by atoms with Crippen LogP contribution in [0.25, 0.3) is 0 Å². The number of carbonyl (C=O) groups is 1. The third kappa shape index (κ3) is 3.05. The smallest absolute Gasteiger partial charge is 0.159 e. The molecule has 0 saturated carbocycles. The molecule has 1 aliphatic heterocycles. The maximum absolute atomic E-state index is 11.4. The molecule has 104 valence electrons. The number of fused-ring (bicyclic) bond motifs is 1. The van der Waals surface area contributed by atoms with E-state index in [1.807, 2.05) is 11.8 Å². The van der Waals surface area contributed by atoms with Crippen molar-refractivity contribution in [1.29, 1.82) is 0 Å². The summed E-state index contributed by atoms with van der Waals surface area (Å²) >= 11 is 0. The molecule has 0 spiro atoms. The first-order chi connectivity index (χ1) is 9.01. The summed E-state index contributed by atoms with van der Waals surface area (Å²) in [5.74, 6) is 0.693. The van der Waals surface area contributed by atoms with Crippen molar-refractivity contribution in [3.8, 4) is 5.75 Å². The molecule has 1 heterocycles. The minimum atomic E-state index is -0.806. The Bertz CT molecular complexity index is 475. The first-order valence-corrected chi connectivity index (χ1v) is 6.36. The van der Waals surface area contributed by atoms with Crippen LogP contribution >= 0.6 is 0 Å². The molecule has 0 fully saturated rings. The minimum Gasteiger partial charge on any atom is -0.487 e. The van der Waals surface area contributed by atoms with Crippen LogP contribution in [0.15, 0.2) is 18.2 Å². The molecule has 1 aromatic rings. The molecule has 0 radical (unpaired) electrons. The second-order valence-corrected chi connectivity index (χ2v) is 4.91. The lowest BCUT2D eigenvalue weighted by molar-refractivity contribution is 0.0961. The first-order valence-electron chi connectivity index (χ1n) is 6.36. The van der Waals surface area contributed by atoms with Crippen molar-refractivity contribution in [3.05, 3.63) is 23.8 Å². The van der Waals surface area contributed by atoms with E-state index in [1.54, 1.807) is 18.2 Å². The van der Waals surface area contributed by atoms with Crippen molar-refractivity contribution in [2.75, 3.05) is 24.6 Å². The van der Waals surface area contributed by atoms with E-state index < -0.39 is 6.10 Å². The third-order valence-electron chi connectivity index (χ3n) is 3.15. The predicted molar refractivity (Wildman–Crippen MR) is 71.8 cm³/mol. The van der Waals surface area contributed by atoms with Gasteiger partial charge in [-0.2, -0.15) is 0 Å². The average Bonchev–Trinajstić information content (AvgIpc) is 2.37. The van der Waals surface area contributed by atoms with Gasteiger partial charge < -0.3 is 19.8 Å².